The smallest absolute Gasteiger partial charge is 0.261 e. The van der Waals surface area contributed by atoms with Gasteiger partial charge in [-0.25, -0.2) is 18.7 Å². The van der Waals surface area contributed by atoms with Gasteiger partial charge in [-0.3, -0.25) is 24.1 Å². The van der Waals surface area contributed by atoms with Crippen molar-refractivity contribution in [1.29, 1.82) is 5.26 Å². The number of nitriles is 1. The van der Waals surface area contributed by atoms with Crippen LogP contribution in [0, 0.1) is 34.5 Å². The Bertz CT molecular complexity index is 2670. The second kappa shape index (κ2) is 22.0. The number of carbonyl (C=O) groups excluding carboxylic acids is 4. The highest BCUT2D eigenvalue weighted by Gasteiger charge is 2.64. The second-order valence-electron chi connectivity index (χ2n) is 21.7. The van der Waals surface area contributed by atoms with Crippen LogP contribution in [0.15, 0.2) is 66.3 Å². The summed E-state index contributed by atoms with van der Waals surface area (Å²) in [7, 11) is 0. The van der Waals surface area contributed by atoms with E-state index in [1.54, 1.807) is 73.6 Å². The van der Waals surface area contributed by atoms with Crippen LogP contribution >= 0.6 is 22.9 Å². The topological polar surface area (TPSA) is 213 Å². The number of aromatic nitrogens is 2. The maximum Gasteiger partial charge on any atom is 0.261 e. The van der Waals surface area contributed by atoms with E-state index in [1.165, 1.54) is 22.4 Å². The van der Waals surface area contributed by atoms with Gasteiger partial charge in [0.05, 0.1) is 57.5 Å². The van der Waals surface area contributed by atoms with E-state index < -0.39 is 90.1 Å². The molecule has 73 heavy (non-hydrogen) atoms. The number of halogens is 3. The van der Waals surface area contributed by atoms with Gasteiger partial charge in [0.25, 0.3) is 11.8 Å². The van der Waals surface area contributed by atoms with E-state index in [-0.39, 0.29) is 31.0 Å². The van der Waals surface area contributed by atoms with Crippen LogP contribution < -0.4 is 25.6 Å². The van der Waals surface area contributed by atoms with Gasteiger partial charge in [-0.2, -0.15) is 5.26 Å². The number of thiazole rings is 1. The Hall–Kier alpha value is -5.78. The fraction of sp³-hybridized carbons (Fsp3) is 0.528. The highest BCUT2D eigenvalue weighted by molar-refractivity contribution is 7.13. The van der Waals surface area contributed by atoms with Crippen molar-refractivity contribution in [3.05, 3.63) is 93.7 Å². The lowest BCUT2D eigenvalue weighted by atomic mass is 9.49. The van der Waals surface area contributed by atoms with Gasteiger partial charge in [-0.1, -0.05) is 84.3 Å². The summed E-state index contributed by atoms with van der Waals surface area (Å²) in [5.74, 6) is -4.34. The molecule has 392 valence electrons. The van der Waals surface area contributed by atoms with E-state index in [4.69, 9.17) is 16.3 Å². The number of rotatable bonds is 17. The Morgan fingerprint density at radius 3 is 2.25 bits per heavy atom. The SMILES string of the molecule is Cc1ncsc1-c1ccc(C(CO)NC(=O)[C@@H]2C[C@@H](O)CN2C(=O)[C@@H](NC(=O)CCC(F)(F)CN2CCN(c3ccc(C(=O)N[C@H]4C(C)(C)[C@H](Oc5ccc(C#N)c(Cl)c5)C4(C)C)cn3)CC2)C(C)(C)C)cc1. The quantitative estimate of drug-likeness (QED) is 0.0764. The molecule has 1 aliphatic carbocycles. The van der Waals surface area contributed by atoms with Crippen molar-refractivity contribution < 1.29 is 42.9 Å². The van der Waals surface area contributed by atoms with Crippen molar-refractivity contribution in [2.45, 2.75) is 117 Å². The summed E-state index contributed by atoms with van der Waals surface area (Å²) < 4.78 is 37.4. The van der Waals surface area contributed by atoms with Crippen LogP contribution in [0.4, 0.5) is 14.6 Å². The minimum Gasteiger partial charge on any atom is -0.489 e. The average Bonchev–Trinajstić information content (AvgIpc) is 3.97. The number of likely N-dealkylation sites (tertiary alicyclic amines) is 1. The Balaban J connectivity index is 0.868. The molecule has 4 aromatic rings. The van der Waals surface area contributed by atoms with Gasteiger partial charge in [0, 0.05) is 81.1 Å². The number of ether oxygens (including phenoxy) is 1. The van der Waals surface area contributed by atoms with E-state index in [0.29, 0.717) is 59.5 Å². The van der Waals surface area contributed by atoms with E-state index in [0.717, 1.165) is 16.1 Å². The van der Waals surface area contributed by atoms with Gasteiger partial charge >= 0.3 is 0 Å². The lowest BCUT2D eigenvalue weighted by Gasteiger charge is -2.63. The number of hydrogen-bond acceptors (Lipinski definition) is 13. The van der Waals surface area contributed by atoms with E-state index in [9.17, 15) is 34.7 Å². The predicted molar refractivity (Wildman–Crippen MR) is 274 cm³/mol. The number of hydrogen-bond donors (Lipinski definition) is 5. The van der Waals surface area contributed by atoms with Crippen LogP contribution in [-0.4, -0.2) is 136 Å². The molecule has 2 aromatic carbocycles. The van der Waals surface area contributed by atoms with Crippen molar-refractivity contribution in [3.8, 4) is 22.3 Å². The maximum atomic E-state index is 15.5. The van der Waals surface area contributed by atoms with Gasteiger partial charge in [0.15, 0.2) is 0 Å². The monoisotopic (exact) mass is 1050 g/mol. The second-order valence-corrected chi connectivity index (χ2v) is 23.0. The first kappa shape index (κ1) is 55.0. The Kier molecular flexibility index (Phi) is 16.6. The summed E-state index contributed by atoms with van der Waals surface area (Å²) in [5, 5.41) is 39.1. The molecule has 2 aliphatic heterocycles. The molecule has 0 radical (unpaired) electrons. The lowest BCUT2D eigenvalue weighted by Crippen LogP contribution is -2.74. The molecule has 1 unspecified atom stereocenters. The van der Waals surface area contributed by atoms with Gasteiger partial charge < -0.3 is 40.7 Å². The minimum absolute atomic E-state index is 0.0661. The third-order valence-corrected chi connectivity index (χ3v) is 15.7. The van der Waals surface area contributed by atoms with E-state index in [1.807, 2.05) is 57.7 Å². The fourth-order valence-electron chi connectivity index (χ4n) is 10.7. The molecule has 2 aromatic heterocycles. The number of benzene rings is 2. The zero-order valence-electron chi connectivity index (χ0n) is 42.5. The number of β-amino-alcohol motifs (C(OH)–C–C–N with tert-alkyl or cyclic N) is 1. The molecule has 4 atom stereocenters. The summed E-state index contributed by atoms with van der Waals surface area (Å²) in [6.45, 7) is 15.4. The first-order valence-electron chi connectivity index (χ1n) is 24.5. The highest BCUT2D eigenvalue weighted by Crippen LogP contribution is 2.55. The zero-order valence-corrected chi connectivity index (χ0v) is 44.1. The standard InChI is InChI=1S/C53H66ClF2N9O7S/c1-31-43(73-30-59-31)33-11-9-32(10-12-33)39(28-66)60-46(70)40-23-36(67)27-65(40)47(71)44(50(2,3)4)61-42(68)17-18-53(55,56)29-63-19-21-64(22-20-63)41-16-14-35(26-58-41)45(69)62-48-51(5,6)49(52(48,7)8)72-37-15-13-34(25-57)38(54)24-37/h9-16,24,26,30,36,39-40,44,48-49,66-67H,17-23,27-29H2,1-8H3,(H,60,70)(H,61,68)(H,62,69)/t36-,39?,40+,44-,48-,49-/m1/s1. The van der Waals surface area contributed by atoms with Crippen molar-refractivity contribution in [2.24, 2.45) is 16.2 Å². The Morgan fingerprint density at radius 1 is 0.986 bits per heavy atom. The number of anilines is 1. The van der Waals surface area contributed by atoms with Gasteiger partial charge in [-0.05, 0) is 47.7 Å². The molecular weight excluding hydrogens is 980 g/mol. The Morgan fingerprint density at radius 2 is 1.67 bits per heavy atom. The van der Waals surface area contributed by atoms with Crippen molar-refractivity contribution in [3.63, 3.8) is 0 Å². The zero-order chi connectivity index (χ0) is 53.2. The molecule has 3 aliphatic rings. The number of carbonyl (C=O) groups is 4. The molecule has 4 amide bonds. The third kappa shape index (κ3) is 12.4. The molecule has 20 heteroatoms. The molecule has 4 heterocycles. The number of piperazine rings is 1. The van der Waals surface area contributed by atoms with Crippen molar-refractivity contribution >= 4 is 52.4 Å². The number of aliphatic hydroxyl groups excluding tert-OH is 2. The van der Waals surface area contributed by atoms with Crippen LogP contribution in [0.5, 0.6) is 5.75 Å². The van der Waals surface area contributed by atoms with Crippen LogP contribution in [0.25, 0.3) is 10.4 Å². The van der Waals surface area contributed by atoms with Gasteiger partial charge in [-0.15, -0.1) is 11.3 Å². The summed E-state index contributed by atoms with van der Waals surface area (Å²) in [5.41, 5.74) is 3.14. The number of amides is 4. The van der Waals surface area contributed by atoms with Crippen molar-refractivity contribution in [1.82, 2.24) is 35.7 Å². The number of aryl methyl sites for hydroxylation is 1. The van der Waals surface area contributed by atoms with Crippen LogP contribution in [-0.2, 0) is 14.4 Å². The van der Waals surface area contributed by atoms with Crippen LogP contribution in [0.3, 0.4) is 0 Å². The van der Waals surface area contributed by atoms with Gasteiger partial charge in [0.1, 0.15) is 35.8 Å². The summed E-state index contributed by atoms with van der Waals surface area (Å²) in [4.78, 5) is 69.4. The lowest BCUT2D eigenvalue weighted by molar-refractivity contribution is -0.164. The minimum atomic E-state index is -3.23. The van der Waals surface area contributed by atoms with E-state index in [2.05, 4.69) is 25.9 Å². The molecular formula is C53H66ClF2N9O7S. The number of nitrogens with one attached hydrogen (secondary N) is 3. The van der Waals surface area contributed by atoms with Gasteiger partial charge in [0.2, 0.25) is 17.7 Å². The normalized spacial score (nSPS) is 21.6. The molecule has 1 saturated carbocycles. The molecule has 0 bridgehead atoms. The summed E-state index contributed by atoms with van der Waals surface area (Å²) in [6.07, 6.45) is -1.17. The summed E-state index contributed by atoms with van der Waals surface area (Å²) in [6, 6.07) is 14.4. The molecule has 3 fully saturated rings. The fourth-order valence-corrected chi connectivity index (χ4v) is 11.7. The number of pyridine rings is 1. The number of alkyl halides is 2. The molecule has 7 rings (SSSR count). The summed E-state index contributed by atoms with van der Waals surface area (Å²) >= 11 is 7.74. The molecule has 5 N–H and O–H groups in total. The van der Waals surface area contributed by atoms with Crippen molar-refractivity contribution in [2.75, 3.05) is 50.8 Å². The number of nitrogens with zero attached hydrogens (tertiary/aromatic N) is 6. The Labute approximate surface area is 434 Å². The van der Waals surface area contributed by atoms with E-state index >= 15 is 8.78 Å². The third-order valence-electron chi connectivity index (χ3n) is 14.4. The predicted octanol–water partition coefficient (Wildman–Crippen LogP) is 6.53. The first-order chi connectivity index (χ1) is 34.3. The average molecular weight is 1050 g/mol. The molecule has 2 saturated heterocycles. The highest BCUT2D eigenvalue weighted by atomic mass is 35.5. The molecule has 0 spiro atoms. The van der Waals surface area contributed by atoms with Crippen LogP contribution in [0.1, 0.15) is 101 Å². The maximum absolute atomic E-state index is 15.5. The molecule has 16 nitrogen and oxygen atoms in total. The van der Waals surface area contributed by atoms with Crippen LogP contribution in [0.2, 0.25) is 5.02 Å². The first-order valence-corrected chi connectivity index (χ1v) is 25.8. The largest absolute Gasteiger partial charge is 0.489 e. The number of aliphatic hydroxyl groups is 2.